The molecule has 150 valence electrons. The Balaban J connectivity index is 2.19. The normalized spacial score (nSPS) is 12.2. The Kier molecular flexibility index (Phi) is 6.84. The number of anilines is 1. The van der Waals surface area contributed by atoms with Crippen molar-refractivity contribution in [3.8, 4) is 5.75 Å². The van der Waals surface area contributed by atoms with Gasteiger partial charge in [-0.25, -0.2) is 0 Å². The molecule has 0 radical (unpaired) electrons. The third kappa shape index (κ3) is 5.59. The number of carbonyl (C=O) groups excluding carboxylic acids is 2. The highest BCUT2D eigenvalue weighted by Gasteiger charge is 2.23. The highest BCUT2D eigenvalue weighted by Crippen LogP contribution is 2.23. The Bertz CT molecular complexity index is 853. The molecular formula is C23H30N2O3. The summed E-state index contributed by atoms with van der Waals surface area (Å²) in [7, 11) is 0. The molecule has 5 nitrogen and oxygen atoms in total. The zero-order valence-electron chi connectivity index (χ0n) is 17.6. The van der Waals surface area contributed by atoms with E-state index in [1.807, 2.05) is 59.7 Å². The second-order valence-electron chi connectivity index (χ2n) is 7.95. The number of nitrogens with one attached hydrogen (secondary N) is 2. The molecule has 0 aliphatic carbocycles. The summed E-state index contributed by atoms with van der Waals surface area (Å²) in [5.74, 6) is 0.187. The largest absolute Gasteiger partial charge is 0.480 e. The van der Waals surface area contributed by atoms with Crippen LogP contribution < -0.4 is 15.4 Å². The molecule has 0 aromatic heterocycles. The first-order valence-corrected chi connectivity index (χ1v) is 9.57. The lowest BCUT2D eigenvalue weighted by Crippen LogP contribution is -2.41. The summed E-state index contributed by atoms with van der Waals surface area (Å²) in [6.07, 6.45) is -0.144. The van der Waals surface area contributed by atoms with Crippen LogP contribution in [0.3, 0.4) is 0 Å². The quantitative estimate of drug-likeness (QED) is 0.765. The highest BCUT2D eigenvalue weighted by molar-refractivity contribution is 6.04. The predicted molar refractivity (Wildman–Crippen MR) is 113 cm³/mol. The van der Waals surface area contributed by atoms with Gasteiger partial charge in [0.2, 0.25) is 0 Å². The molecule has 0 bridgehead atoms. The molecule has 2 N–H and O–H groups in total. The molecule has 28 heavy (non-hydrogen) atoms. The van der Waals surface area contributed by atoms with Crippen LogP contribution in [0.25, 0.3) is 0 Å². The van der Waals surface area contributed by atoms with Crippen LogP contribution in [0.2, 0.25) is 0 Å². The van der Waals surface area contributed by atoms with Crippen LogP contribution in [0, 0.1) is 13.8 Å². The minimum Gasteiger partial charge on any atom is -0.480 e. The lowest BCUT2D eigenvalue weighted by Gasteiger charge is -2.22. The van der Waals surface area contributed by atoms with E-state index in [9.17, 15) is 9.59 Å². The third-order valence-electron chi connectivity index (χ3n) is 4.41. The molecule has 5 heteroatoms. The van der Waals surface area contributed by atoms with Crippen molar-refractivity contribution in [1.29, 1.82) is 0 Å². The van der Waals surface area contributed by atoms with E-state index in [-0.39, 0.29) is 17.4 Å². The van der Waals surface area contributed by atoms with Gasteiger partial charge < -0.3 is 15.4 Å². The zero-order valence-corrected chi connectivity index (χ0v) is 17.6. The molecular weight excluding hydrogens is 352 g/mol. The molecule has 0 spiro atoms. The molecule has 0 aliphatic heterocycles. The number of aryl methyl sites for hydroxylation is 1. The maximum absolute atomic E-state index is 12.8. The topological polar surface area (TPSA) is 67.4 Å². The Morgan fingerprint density at radius 3 is 2.36 bits per heavy atom. The Morgan fingerprint density at radius 1 is 1.04 bits per heavy atom. The molecule has 0 saturated carbocycles. The van der Waals surface area contributed by atoms with Crippen molar-refractivity contribution in [2.45, 2.75) is 59.6 Å². The summed E-state index contributed by atoms with van der Waals surface area (Å²) in [5.41, 5.74) is 2.65. The highest BCUT2D eigenvalue weighted by atomic mass is 16.5. The minimum absolute atomic E-state index is 0.230. The summed E-state index contributed by atoms with van der Waals surface area (Å²) in [6.45, 7) is 11.6. The molecule has 0 heterocycles. The van der Waals surface area contributed by atoms with Gasteiger partial charge in [-0.1, -0.05) is 31.2 Å². The second-order valence-corrected chi connectivity index (χ2v) is 7.95. The van der Waals surface area contributed by atoms with E-state index in [2.05, 4.69) is 10.6 Å². The number of ether oxygens (including phenoxy) is 1. The molecule has 0 saturated heterocycles. The molecule has 2 rings (SSSR count). The van der Waals surface area contributed by atoms with E-state index in [1.165, 1.54) is 0 Å². The van der Waals surface area contributed by atoms with Crippen molar-refractivity contribution in [3.63, 3.8) is 0 Å². The van der Waals surface area contributed by atoms with Crippen molar-refractivity contribution in [3.05, 3.63) is 59.2 Å². The summed E-state index contributed by atoms with van der Waals surface area (Å²) in [6, 6.07) is 12.8. The van der Waals surface area contributed by atoms with Gasteiger partial charge in [-0.3, -0.25) is 9.59 Å². The van der Waals surface area contributed by atoms with Gasteiger partial charge in [-0.05, 0) is 70.4 Å². The van der Waals surface area contributed by atoms with Crippen molar-refractivity contribution in [2.75, 3.05) is 5.32 Å². The van der Waals surface area contributed by atoms with Gasteiger partial charge in [0.25, 0.3) is 11.8 Å². The Hall–Kier alpha value is -2.82. The number of hydrogen-bond acceptors (Lipinski definition) is 3. The van der Waals surface area contributed by atoms with E-state index in [0.717, 1.165) is 11.1 Å². The van der Waals surface area contributed by atoms with Gasteiger partial charge in [-0.2, -0.15) is 0 Å². The van der Waals surface area contributed by atoms with E-state index < -0.39 is 6.10 Å². The van der Waals surface area contributed by atoms with Crippen molar-refractivity contribution >= 4 is 17.5 Å². The van der Waals surface area contributed by atoms with Gasteiger partial charge >= 0.3 is 0 Å². The van der Waals surface area contributed by atoms with Crippen molar-refractivity contribution in [2.24, 2.45) is 0 Å². The standard InChI is InChI=1S/C23H30N2O3/c1-7-19(28-20-14-10-11-15(2)16(20)3)22(27)24-18-13-9-8-12-17(18)21(26)25-23(4,5)6/h8-14,19H,7H2,1-6H3,(H,24,27)(H,25,26)/t19-/m1/s1. The third-order valence-corrected chi connectivity index (χ3v) is 4.41. The lowest BCUT2D eigenvalue weighted by molar-refractivity contribution is -0.122. The fourth-order valence-corrected chi connectivity index (χ4v) is 2.74. The average molecular weight is 383 g/mol. The van der Waals surface area contributed by atoms with Crippen LogP contribution in [0.1, 0.15) is 55.6 Å². The van der Waals surface area contributed by atoms with Crippen LogP contribution in [-0.4, -0.2) is 23.5 Å². The van der Waals surface area contributed by atoms with Gasteiger partial charge in [0.15, 0.2) is 6.10 Å². The van der Waals surface area contributed by atoms with E-state index >= 15 is 0 Å². The zero-order chi connectivity index (χ0) is 20.9. The lowest BCUT2D eigenvalue weighted by atomic mass is 10.1. The number of amides is 2. The fraction of sp³-hybridized carbons (Fsp3) is 0.391. The van der Waals surface area contributed by atoms with Gasteiger partial charge in [-0.15, -0.1) is 0 Å². The molecule has 2 aromatic rings. The minimum atomic E-state index is -0.653. The molecule has 2 aromatic carbocycles. The molecule has 0 unspecified atom stereocenters. The average Bonchev–Trinajstić information content (AvgIpc) is 2.61. The smallest absolute Gasteiger partial charge is 0.265 e. The summed E-state index contributed by atoms with van der Waals surface area (Å²) < 4.78 is 5.98. The number of carbonyl (C=O) groups is 2. The molecule has 0 aliphatic rings. The Labute approximate surface area is 167 Å². The van der Waals surface area contributed by atoms with Gasteiger partial charge in [0.1, 0.15) is 5.75 Å². The van der Waals surface area contributed by atoms with Gasteiger partial charge in [0.05, 0.1) is 11.3 Å². The van der Waals surface area contributed by atoms with Crippen molar-refractivity contribution in [1.82, 2.24) is 5.32 Å². The number of hydrogen-bond donors (Lipinski definition) is 2. The molecule has 1 atom stereocenters. The maximum Gasteiger partial charge on any atom is 0.265 e. The second kappa shape index (κ2) is 8.91. The Morgan fingerprint density at radius 2 is 1.71 bits per heavy atom. The monoisotopic (exact) mass is 382 g/mol. The fourth-order valence-electron chi connectivity index (χ4n) is 2.74. The van der Waals surface area contributed by atoms with E-state index in [4.69, 9.17) is 4.74 Å². The molecule has 0 fully saturated rings. The molecule has 2 amide bonds. The SMILES string of the molecule is CC[C@@H](Oc1cccc(C)c1C)C(=O)Nc1ccccc1C(=O)NC(C)(C)C. The first-order chi connectivity index (χ1) is 13.1. The first kappa shape index (κ1) is 21.5. The van der Waals surface area contributed by atoms with Crippen LogP contribution >= 0.6 is 0 Å². The van der Waals surface area contributed by atoms with Crippen LogP contribution in [0.5, 0.6) is 5.75 Å². The first-order valence-electron chi connectivity index (χ1n) is 9.57. The predicted octanol–water partition coefficient (Wildman–Crippen LogP) is 4.63. The summed E-state index contributed by atoms with van der Waals surface area (Å²) in [5, 5.41) is 5.78. The van der Waals surface area contributed by atoms with Crippen LogP contribution in [0.4, 0.5) is 5.69 Å². The van der Waals surface area contributed by atoms with Crippen molar-refractivity contribution < 1.29 is 14.3 Å². The number of rotatable bonds is 6. The maximum atomic E-state index is 12.8. The number of para-hydroxylation sites is 1. The van der Waals surface area contributed by atoms with E-state index in [0.29, 0.717) is 23.4 Å². The number of benzene rings is 2. The van der Waals surface area contributed by atoms with Gasteiger partial charge in [0, 0.05) is 5.54 Å². The van der Waals surface area contributed by atoms with Crippen LogP contribution in [-0.2, 0) is 4.79 Å². The summed E-state index contributed by atoms with van der Waals surface area (Å²) in [4.78, 5) is 25.4. The van der Waals surface area contributed by atoms with E-state index in [1.54, 1.807) is 24.3 Å². The van der Waals surface area contributed by atoms with Crippen LogP contribution in [0.15, 0.2) is 42.5 Å². The summed E-state index contributed by atoms with van der Waals surface area (Å²) >= 11 is 0.